The fourth-order valence-corrected chi connectivity index (χ4v) is 2.62. The Labute approximate surface area is 139 Å². The van der Waals surface area contributed by atoms with Gasteiger partial charge in [0.25, 0.3) is 0 Å². The molecule has 3 aromatic rings. The predicted molar refractivity (Wildman–Crippen MR) is 91.8 cm³/mol. The smallest absolute Gasteiger partial charge is 0.240 e. The second-order valence-electron chi connectivity index (χ2n) is 5.27. The second-order valence-corrected chi connectivity index (χ2v) is 5.71. The Kier molecular flexibility index (Phi) is 4.53. The molecule has 0 aliphatic rings. The van der Waals surface area contributed by atoms with E-state index in [1.54, 1.807) is 7.11 Å². The number of fused-ring (bicyclic) bond motifs is 1. The Morgan fingerprint density at radius 3 is 2.70 bits per heavy atom. The van der Waals surface area contributed by atoms with Crippen molar-refractivity contribution in [2.75, 3.05) is 7.11 Å². The lowest BCUT2D eigenvalue weighted by molar-refractivity contribution is -0.121. The van der Waals surface area contributed by atoms with Crippen molar-refractivity contribution in [3.05, 3.63) is 65.3 Å². The number of rotatable bonds is 5. The predicted octanol–water partition coefficient (Wildman–Crippen LogP) is 3.62. The summed E-state index contributed by atoms with van der Waals surface area (Å²) >= 11 is 6.03. The molecule has 4 nitrogen and oxygen atoms in total. The van der Waals surface area contributed by atoms with Gasteiger partial charge in [0, 0.05) is 23.3 Å². The maximum Gasteiger partial charge on any atom is 0.240 e. The van der Waals surface area contributed by atoms with Crippen LogP contribution >= 0.6 is 11.6 Å². The number of benzene rings is 2. The first kappa shape index (κ1) is 15.4. The van der Waals surface area contributed by atoms with Crippen LogP contribution in [0.25, 0.3) is 10.9 Å². The summed E-state index contributed by atoms with van der Waals surface area (Å²) in [5.41, 5.74) is 1.98. The standard InChI is InChI=1S/C18H17ClN2O2/c1-23-16-6-2-13(3-7-16)11-20-18(22)12-21-9-8-14-4-5-15(19)10-17(14)21/h2-10H,11-12H2,1H3,(H,20,22). The maximum atomic E-state index is 12.1. The molecule has 0 aliphatic heterocycles. The topological polar surface area (TPSA) is 43.3 Å². The lowest BCUT2D eigenvalue weighted by Gasteiger charge is -2.08. The molecule has 23 heavy (non-hydrogen) atoms. The molecule has 1 N–H and O–H groups in total. The van der Waals surface area contributed by atoms with Crippen LogP contribution in [0.3, 0.4) is 0 Å². The van der Waals surface area contributed by atoms with Gasteiger partial charge in [0.15, 0.2) is 0 Å². The lowest BCUT2D eigenvalue weighted by Crippen LogP contribution is -2.26. The van der Waals surface area contributed by atoms with Gasteiger partial charge >= 0.3 is 0 Å². The fourth-order valence-electron chi connectivity index (χ4n) is 2.45. The van der Waals surface area contributed by atoms with E-state index in [4.69, 9.17) is 16.3 Å². The van der Waals surface area contributed by atoms with E-state index >= 15 is 0 Å². The van der Waals surface area contributed by atoms with Crippen LogP contribution < -0.4 is 10.1 Å². The minimum absolute atomic E-state index is 0.0432. The summed E-state index contributed by atoms with van der Waals surface area (Å²) in [5, 5.41) is 4.65. The molecule has 0 spiro atoms. The van der Waals surface area contributed by atoms with Gasteiger partial charge < -0.3 is 14.6 Å². The maximum absolute atomic E-state index is 12.1. The number of halogens is 1. The van der Waals surface area contributed by atoms with Gasteiger partial charge in [0.05, 0.1) is 7.11 Å². The van der Waals surface area contributed by atoms with E-state index in [0.717, 1.165) is 22.2 Å². The Balaban J connectivity index is 1.63. The molecule has 0 atom stereocenters. The van der Waals surface area contributed by atoms with Gasteiger partial charge in [0.1, 0.15) is 12.3 Å². The number of hydrogen-bond donors (Lipinski definition) is 1. The van der Waals surface area contributed by atoms with Gasteiger partial charge in [0.2, 0.25) is 5.91 Å². The molecule has 118 valence electrons. The largest absolute Gasteiger partial charge is 0.497 e. The normalized spacial score (nSPS) is 10.7. The van der Waals surface area contributed by atoms with Crippen molar-refractivity contribution >= 4 is 28.4 Å². The number of aromatic nitrogens is 1. The third kappa shape index (κ3) is 3.66. The summed E-state index contributed by atoms with van der Waals surface area (Å²) in [5.74, 6) is 0.758. The van der Waals surface area contributed by atoms with Crippen molar-refractivity contribution in [2.45, 2.75) is 13.1 Å². The molecule has 1 heterocycles. The van der Waals surface area contributed by atoms with Gasteiger partial charge in [-0.15, -0.1) is 0 Å². The van der Waals surface area contributed by atoms with E-state index < -0.39 is 0 Å². The molecule has 0 saturated carbocycles. The monoisotopic (exact) mass is 328 g/mol. The number of methoxy groups -OCH3 is 1. The zero-order valence-corrected chi connectivity index (χ0v) is 13.5. The summed E-state index contributed by atoms with van der Waals surface area (Å²) in [4.78, 5) is 12.1. The Bertz CT molecular complexity index is 825. The molecule has 2 aromatic carbocycles. The second kappa shape index (κ2) is 6.75. The van der Waals surface area contributed by atoms with Crippen molar-refractivity contribution in [3.63, 3.8) is 0 Å². The van der Waals surface area contributed by atoms with E-state index in [2.05, 4.69) is 5.32 Å². The summed E-state index contributed by atoms with van der Waals surface area (Å²) in [6.07, 6.45) is 1.90. The van der Waals surface area contributed by atoms with Gasteiger partial charge in [-0.25, -0.2) is 0 Å². The van der Waals surface area contributed by atoms with Crippen molar-refractivity contribution < 1.29 is 9.53 Å². The van der Waals surface area contributed by atoms with Gasteiger partial charge in [-0.1, -0.05) is 29.8 Å². The number of ether oxygens (including phenoxy) is 1. The van der Waals surface area contributed by atoms with Crippen molar-refractivity contribution in [3.8, 4) is 5.75 Å². The summed E-state index contributed by atoms with van der Waals surface area (Å²) in [7, 11) is 1.63. The number of nitrogens with zero attached hydrogens (tertiary/aromatic N) is 1. The van der Waals surface area contributed by atoms with E-state index in [0.29, 0.717) is 11.6 Å². The first-order chi connectivity index (χ1) is 11.2. The molecule has 0 radical (unpaired) electrons. The average Bonchev–Trinajstić information content (AvgIpc) is 2.95. The molecule has 0 fully saturated rings. The summed E-state index contributed by atoms with van der Waals surface area (Å²) in [6.45, 7) is 0.753. The molecule has 1 aromatic heterocycles. The molecule has 0 bridgehead atoms. The van der Waals surface area contributed by atoms with Crippen molar-refractivity contribution in [1.29, 1.82) is 0 Å². The average molecular weight is 329 g/mol. The first-order valence-electron chi connectivity index (χ1n) is 7.30. The molecule has 5 heteroatoms. The van der Waals surface area contributed by atoms with E-state index in [-0.39, 0.29) is 12.5 Å². The number of hydrogen-bond acceptors (Lipinski definition) is 2. The van der Waals surface area contributed by atoms with E-state index in [9.17, 15) is 4.79 Å². The highest BCUT2D eigenvalue weighted by Crippen LogP contribution is 2.20. The van der Waals surface area contributed by atoms with Crippen molar-refractivity contribution in [1.82, 2.24) is 9.88 Å². The highest BCUT2D eigenvalue weighted by Gasteiger charge is 2.07. The summed E-state index contributed by atoms with van der Waals surface area (Å²) < 4.78 is 7.01. The Morgan fingerprint density at radius 1 is 1.17 bits per heavy atom. The Morgan fingerprint density at radius 2 is 1.96 bits per heavy atom. The molecular formula is C18H17ClN2O2. The van der Waals surface area contributed by atoms with Gasteiger partial charge in [-0.3, -0.25) is 4.79 Å². The fraction of sp³-hybridized carbons (Fsp3) is 0.167. The SMILES string of the molecule is COc1ccc(CNC(=O)Cn2ccc3ccc(Cl)cc32)cc1. The molecule has 1 amide bonds. The van der Waals surface area contributed by atoms with E-state index in [1.807, 2.05) is 59.3 Å². The van der Waals surface area contributed by atoms with E-state index in [1.165, 1.54) is 0 Å². The quantitative estimate of drug-likeness (QED) is 0.777. The first-order valence-corrected chi connectivity index (χ1v) is 7.67. The number of nitrogens with one attached hydrogen (secondary N) is 1. The van der Waals surface area contributed by atoms with Crippen LogP contribution in [0.1, 0.15) is 5.56 Å². The van der Waals surface area contributed by atoms with Crippen LogP contribution in [0.5, 0.6) is 5.75 Å². The minimum Gasteiger partial charge on any atom is -0.497 e. The molecule has 3 rings (SSSR count). The lowest BCUT2D eigenvalue weighted by atomic mass is 10.2. The van der Waals surface area contributed by atoms with Crippen LogP contribution in [0.15, 0.2) is 54.7 Å². The van der Waals surface area contributed by atoms with Crippen molar-refractivity contribution in [2.24, 2.45) is 0 Å². The zero-order valence-electron chi connectivity index (χ0n) is 12.8. The van der Waals surface area contributed by atoms with Crippen LogP contribution in [-0.4, -0.2) is 17.6 Å². The number of carbonyl (C=O) groups excluding carboxylic acids is 1. The van der Waals surface area contributed by atoms with Gasteiger partial charge in [-0.05, 0) is 41.3 Å². The van der Waals surface area contributed by atoms with Crippen LogP contribution in [0, 0.1) is 0 Å². The third-order valence-corrected chi connectivity index (χ3v) is 3.93. The van der Waals surface area contributed by atoms with Crippen LogP contribution in [-0.2, 0) is 17.9 Å². The summed E-state index contributed by atoms with van der Waals surface area (Å²) in [6, 6.07) is 15.3. The third-order valence-electron chi connectivity index (χ3n) is 3.70. The number of amides is 1. The molecule has 0 saturated heterocycles. The zero-order chi connectivity index (χ0) is 16.2. The Hall–Kier alpha value is -2.46. The molecule has 0 unspecified atom stereocenters. The van der Waals surface area contributed by atoms with Gasteiger partial charge in [-0.2, -0.15) is 0 Å². The highest BCUT2D eigenvalue weighted by molar-refractivity contribution is 6.31. The molecule has 0 aliphatic carbocycles. The van der Waals surface area contributed by atoms with Crippen LogP contribution in [0.2, 0.25) is 5.02 Å². The van der Waals surface area contributed by atoms with Crippen LogP contribution in [0.4, 0.5) is 0 Å². The highest BCUT2D eigenvalue weighted by atomic mass is 35.5. The number of carbonyl (C=O) groups is 1. The molecular weight excluding hydrogens is 312 g/mol. The minimum atomic E-state index is -0.0432.